The summed E-state index contributed by atoms with van der Waals surface area (Å²) in [5.74, 6) is -0.971. The number of carboxylic acid groups (broad SMARTS) is 1. The summed E-state index contributed by atoms with van der Waals surface area (Å²) in [7, 11) is 0. The largest absolute Gasteiger partial charge is 0.481 e. The third kappa shape index (κ3) is 4.54. The number of carbonyl (C=O) groups is 1. The van der Waals surface area contributed by atoms with E-state index in [0.29, 0.717) is 12.5 Å². The Bertz CT molecular complexity index is 255. The van der Waals surface area contributed by atoms with Gasteiger partial charge in [-0.1, -0.05) is 19.1 Å². The Hall–Kier alpha value is -0.540. The molecular weight excluding hydrogens is 226 g/mol. The van der Waals surface area contributed by atoms with Crippen LogP contribution in [0.25, 0.3) is 0 Å². The van der Waals surface area contributed by atoms with E-state index >= 15 is 0 Å². The second kappa shape index (κ2) is 6.92. The smallest absolute Gasteiger partial charge is 0.306 e. The van der Waals surface area contributed by atoms with E-state index in [-0.39, 0.29) is 11.3 Å². The highest BCUT2D eigenvalue weighted by molar-refractivity contribution is 6.21. The fraction of sp³-hybridized carbons (Fsp3) is 0.750. The zero-order valence-corrected chi connectivity index (χ0v) is 10.4. The molecule has 1 aliphatic heterocycles. The first-order chi connectivity index (χ1) is 7.61. The average Bonchev–Trinajstić information content (AvgIpc) is 2.63. The molecule has 0 aromatic heterocycles. The van der Waals surface area contributed by atoms with Gasteiger partial charge in [0.1, 0.15) is 0 Å². The lowest BCUT2D eigenvalue weighted by Gasteiger charge is -2.10. The number of hydrogen-bond donors (Lipinski definition) is 2. The van der Waals surface area contributed by atoms with Crippen molar-refractivity contribution in [3.05, 3.63) is 12.2 Å². The minimum atomic E-state index is -0.716. The van der Waals surface area contributed by atoms with E-state index in [1.54, 1.807) is 6.92 Å². The van der Waals surface area contributed by atoms with Crippen molar-refractivity contribution in [2.24, 2.45) is 5.92 Å². The maximum absolute atomic E-state index is 10.6. The fourth-order valence-corrected chi connectivity index (χ4v) is 2.10. The number of rotatable bonds is 6. The summed E-state index contributed by atoms with van der Waals surface area (Å²) < 4.78 is 0. The molecule has 0 amide bonds. The molecule has 1 saturated heterocycles. The van der Waals surface area contributed by atoms with E-state index in [2.05, 4.69) is 17.5 Å². The van der Waals surface area contributed by atoms with Crippen molar-refractivity contribution >= 4 is 17.6 Å². The van der Waals surface area contributed by atoms with Crippen molar-refractivity contribution in [3.8, 4) is 0 Å². The van der Waals surface area contributed by atoms with Crippen LogP contribution in [0.2, 0.25) is 0 Å². The van der Waals surface area contributed by atoms with Crippen molar-refractivity contribution in [2.45, 2.75) is 44.0 Å². The van der Waals surface area contributed by atoms with Crippen LogP contribution in [0.4, 0.5) is 0 Å². The van der Waals surface area contributed by atoms with Crippen LogP contribution in [0.3, 0.4) is 0 Å². The maximum atomic E-state index is 10.6. The number of alkyl halides is 1. The minimum Gasteiger partial charge on any atom is -0.481 e. The monoisotopic (exact) mass is 245 g/mol. The number of allylic oxidation sites excluding steroid dienone is 1. The summed E-state index contributed by atoms with van der Waals surface area (Å²) in [5.41, 5.74) is 0. The molecule has 1 unspecified atom stereocenters. The summed E-state index contributed by atoms with van der Waals surface area (Å²) in [6, 6.07) is 0.384. The zero-order chi connectivity index (χ0) is 12.0. The van der Waals surface area contributed by atoms with Gasteiger partial charge in [-0.25, -0.2) is 0 Å². The van der Waals surface area contributed by atoms with Crippen LogP contribution >= 0.6 is 11.6 Å². The number of hydrogen-bond acceptors (Lipinski definition) is 2. The first-order valence-electron chi connectivity index (χ1n) is 5.86. The van der Waals surface area contributed by atoms with Gasteiger partial charge in [0.05, 0.1) is 11.3 Å². The SMILES string of the molecule is CC(CCC=CC[C@H]1NCC[C@H]1Cl)C(=O)O. The summed E-state index contributed by atoms with van der Waals surface area (Å²) in [5, 5.41) is 12.3. The molecule has 0 spiro atoms. The van der Waals surface area contributed by atoms with Crippen molar-refractivity contribution < 1.29 is 9.90 Å². The van der Waals surface area contributed by atoms with Gasteiger partial charge in [-0.05, 0) is 32.2 Å². The van der Waals surface area contributed by atoms with Gasteiger partial charge < -0.3 is 10.4 Å². The molecule has 1 rings (SSSR count). The standard InChI is InChI=1S/C12H20ClNO2/c1-9(12(15)16)5-3-2-4-6-11-10(13)7-8-14-11/h2,4,9-11,14H,3,5-8H2,1H3,(H,15,16)/t9?,10-,11-/m1/s1. The lowest BCUT2D eigenvalue weighted by atomic mass is 10.1. The quantitative estimate of drug-likeness (QED) is 0.558. The highest BCUT2D eigenvalue weighted by Crippen LogP contribution is 2.17. The zero-order valence-electron chi connectivity index (χ0n) is 9.66. The highest BCUT2D eigenvalue weighted by atomic mass is 35.5. The molecule has 0 bridgehead atoms. The Morgan fingerprint density at radius 1 is 1.62 bits per heavy atom. The molecule has 4 heteroatoms. The van der Waals surface area contributed by atoms with Gasteiger partial charge in [0.25, 0.3) is 0 Å². The van der Waals surface area contributed by atoms with Crippen molar-refractivity contribution in [3.63, 3.8) is 0 Å². The topological polar surface area (TPSA) is 49.3 Å². The molecule has 1 aliphatic rings. The third-order valence-electron chi connectivity index (χ3n) is 3.01. The Morgan fingerprint density at radius 3 is 2.94 bits per heavy atom. The summed E-state index contributed by atoms with van der Waals surface area (Å²) >= 11 is 6.11. The number of aliphatic carboxylic acids is 1. The van der Waals surface area contributed by atoms with Gasteiger partial charge in [0.15, 0.2) is 0 Å². The Balaban J connectivity index is 2.11. The van der Waals surface area contributed by atoms with Crippen molar-refractivity contribution in [1.82, 2.24) is 5.32 Å². The molecule has 16 heavy (non-hydrogen) atoms. The summed E-state index contributed by atoms with van der Waals surface area (Å²) in [6.45, 7) is 2.74. The fourth-order valence-electron chi connectivity index (χ4n) is 1.80. The van der Waals surface area contributed by atoms with Crippen molar-refractivity contribution in [2.75, 3.05) is 6.54 Å². The third-order valence-corrected chi connectivity index (χ3v) is 3.53. The second-order valence-electron chi connectivity index (χ2n) is 4.39. The van der Waals surface area contributed by atoms with Gasteiger partial charge in [-0.15, -0.1) is 11.6 Å². The van der Waals surface area contributed by atoms with E-state index in [1.807, 2.05) is 0 Å². The van der Waals surface area contributed by atoms with Crippen molar-refractivity contribution in [1.29, 1.82) is 0 Å². The van der Waals surface area contributed by atoms with Gasteiger partial charge in [0.2, 0.25) is 0 Å². The van der Waals surface area contributed by atoms with E-state index in [9.17, 15) is 4.79 Å². The second-order valence-corrected chi connectivity index (χ2v) is 4.95. The van der Waals surface area contributed by atoms with Gasteiger partial charge >= 0.3 is 5.97 Å². The molecule has 3 nitrogen and oxygen atoms in total. The van der Waals surface area contributed by atoms with Crippen LogP contribution in [0, 0.1) is 5.92 Å². The van der Waals surface area contributed by atoms with E-state index in [1.165, 1.54) is 0 Å². The Labute approximate surface area is 102 Å². The lowest BCUT2D eigenvalue weighted by molar-refractivity contribution is -0.141. The molecule has 1 heterocycles. The van der Waals surface area contributed by atoms with Crippen LogP contribution in [0.15, 0.2) is 12.2 Å². The molecule has 0 aromatic rings. The minimum absolute atomic E-state index is 0.239. The van der Waals surface area contributed by atoms with Crippen LogP contribution in [0.1, 0.15) is 32.6 Å². The van der Waals surface area contributed by atoms with Gasteiger partial charge in [-0.2, -0.15) is 0 Å². The molecule has 92 valence electrons. The van der Waals surface area contributed by atoms with Crippen LogP contribution in [0.5, 0.6) is 0 Å². The van der Waals surface area contributed by atoms with Crippen LogP contribution in [-0.2, 0) is 4.79 Å². The molecular formula is C12H20ClNO2. The van der Waals surface area contributed by atoms with Crippen LogP contribution in [-0.4, -0.2) is 29.0 Å². The van der Waals surface area contributed by atoms with Gasteiger partial charge in [-0.3, -0.25) is 4.79 Å². The molecule has 3 atom stereocenters. The van der Waals surface area contributed by atoms with E-state index in [4.69, 9.17) is 16.7 Å². The molecule has 0 aromatic carbocycles. The highest BCUT2D eigenvalue weighted by Gasteiger charge is 2.22. The maximum Gasteiger partial charge on any atom is 0.306 e. The Morgan fingerprint density at radius 2 is 2.38 bits per heavy atom. The molecule has 2 N–H and O–H groups in total. The number of nitrogens with one attached hydrogen (secondary N) is 1. The molecule has 0 aliphatic carbocycles. The number of carboxylic acids is 1. The first kappa shape index (κ1) is 13.5. The normalized spacial score (nSPS) is 27.4. The Kier molecular flexibility index (Phi) is 5.85. The van der Waals surface area contributed by atoms with E-state index < -0.39 is 5.97 Å². The first-order valence-corrected chi connectivity index (χ1v) is 6.30. The predicted octanol–water partition coefficient (Wildman–Crippen LogP) is 2.40. The number of halogens is 1. The lowest BCUT2D eigenvalue weighted by Crippen LogP contribution is -2.26. The summed E-state index contributed by atoms with van der Waals surface area (Å²) in [6.07, 6.45) is 7.67. The van der Waals surface area contributed by atoms with Gasteiger partial charge in [0, 0.05) is 6.04 Å². The average molecular weight is 246 g/mol. The van der Waals surface area contributed by atoms with E-state index in [0.717, 1.165) is 25.8 Å². The molecule has 0 radical (unpaired) electrons. The summed E-state index contributed by atoms with van der Waals surface area (Å²) in [4.78, 5) is 10.6. The molecule has 0 saturated carbocycles. The van der Waals surface area contributed by atoms with Crippen LogP contribution < -0.4 is 5.32 Å². The predicted molar refractivity (Wildman–Crippen MR) is 65.8 cm³/mol. The molecule has 1 fully saturated rings.